The molecule has 2 aliphatic rings. The number of hydrogen-bond acceptors (Lipinski definition) is 4. The first-order chi connectivity index (χ1) is 35.2. The third kappa shape index (κ3) is 5.20. The van der Waals surface area contributed by atoms with Crippen LogP contribution in [0.5, 0.6) is 0 Å². The molecule has 0 saturated heterocycles. The smallest absolute Gasteiger partial charge is 0.162 e. The lowest BCUT2D eigenvalue weighted by Crippen LogP contribution is -2.32. The molecule has 6 nitrogen and oxygen atoms in total. The van der Waals surface area contributed by atoms with Gasteiger partial charge in [0, 0.05) is 66.4 Å². The molecule has 330 valence electrons. The Morgan fingerprint density at radius 3 is 1.44 bits per heavy atom. The summed E-state index contributed by atoms with van der Waals surface area (Å²) >= 11 is 1.86. The number of pyridine rings is 3. The number of fused-ring (bicyclic) bond motifs is 18. The first kappa shape index (κ1) is 38.9. The van der Waals surface area contributed by atoms with Crippen molar-refractivity contribution in [1.29, 1.82) is 0 Å². The quantitative estimate of drug-likeness (QED) is 0.176. The number of para-hydroxylation sites is 5. The van der Waals surface area contributed by atoms with Gasteiger partial charge in [-0.2, -0.15) is 0 Å². The Balaban J connectivity index is 0.887. The molecule has 71 heavy (non-hydrogen) atoms. The van der Waals surface area contributed by atoms with E-state index < -0.39 is 5.41 Å². The highest BCUT2D eigenvalue weighted by Gasteiger charge is 2.51. The van der Waals surface area contributed by atoms with E-state index in [1.807, 2.05) is 36.4 Å². The van der Waals surface area contributed by atoms with Crippen LogP contribution in [0.3, 0.4) is 0 Å². The highest BCUT2D eigenvalue weighted by Crippen LogP contribution is 2.62. The lowest BCUT2D eigenvalue weighted by molar-refractivity contribution is 0.718. The Morgan fingerprint density at radius 1 is 0.324 bits per heavy atom. The van der Waals surface area contributed by atoms with Gasteiger partial charge in [0.1, 0.15) is 0 Å². The van der Waals surface area contributed by atoms with Gasteiger partial charge >= 0.3 is 0 Å². The minimum Gasteiger partial charge on any atom is -0.309 e. The van der Waals surface area contributed by atoms with Crippen molar-refractivity contribution in [1.82, 2.24) is 28.7 Å². The van der Waals surface area contributed by atoms with Crippen molar-refractivity contribution in [2.24, 2.45) is 0 Å². The first-order valence-electron chi connectivity index (χ1n) is 24.1. The van der Waals surface area contributed by atoms with Gasteiger partial charge in [-0.1, -0.05) is 133 Å². The minimum atomic E-state index is -0.648. The third-order valence-electron chi connectivity index (χ3n) is 15.3. The van der Waals surface area contributed by atoms with Crippen LogP contribution < -0.4 is 0 Å². The maximum Gasteiger partial charge on any atom is 0.162 e. The van der Waals surface area contributed by atoms with E-state index in [1.54, 1.807) is 0 Å². The summed E-state index contributed by atoms with van der Waals surface area (Å²) in [5.74, 6) is 0.884. The predicted octanol–water partition coefficient (Wildman–Crippen LogP) is 15.7. The zero-order chi connectivity index (χ0) is 46.4. The zero-order valence-corrected chi connectivity index (χ0v) is 38.8. The van der Waals surface area contributed by atoms with E-state index in [1.165, 1.54) is 64.3 Å². The summed E-state index contributed by atoms with van der Waals surface area (Å²) in [6, 6.07) is 77.7. The molecular formula is C64H38N6S. The maximum atomic E-state index is 5.18. The van der Waals surface area contributed by atoms with Gasteiger partial charge in [-0.25, -0.2) is 4.98 Å². The Morgan fingerprint density at radius 2 is 0.817 bits per heavy atom. The van der Waals surface area contributed by atoms with Crippen LogP contribution >= 0.6 is 11.8 Å². The number of aromatic nitrogens is 6. The summed E-state index contributed by atoms with van der Waals surface area (Å²) in [6.07, 6.45) is 5.72. The summed E-state index contributed by atoms with van der Waals surface area (Å²) in [6.45, 7) is 0. The SMILES string of the molecule is c1cnc(-n2c3ccccc3c3cc(-c4ccc5c(c4)Sc4ccc(-n6c7ccccc7c7ccccc76)cc4C54c5cccnc5-c5ncccc54)ccc32)c(-n2c3ccccc3c3ccccc32)c1. The molecule has 0 saturated carbocycles. The van der Waals surface area contributed by atoms with Crippen LogP contribution in [0.25, 0.3) is 105 Å². The lowest BCUT2D eigenvalue weighted by atomic mass is 9.67. The van der Waals surface area contributed by atoms with Crippen LogP contribution in [0, 0.1) is 0 Å². The van der Waals surface area contributed by atoms with E-state index in [2.05, 4.69) is 220 Å². The summed E-state index contributed by atoms with van der Waals surface area (Å²) in [4.78, 5) is 17.7. The molecule has 0 bridgehead atoms. The molecule has 0 unspecified atom stereocenters. The van der Waals surface area contributed by atoms with Crippen molar-refractivity contribution in [3.8, 4) is 39.7 Å². The van der Waals surface area contributed by atoms with Gasteiger partial charge < -0.3 is 9.13 Å². The zero-order valence-electron chi connectivity index (χ0n) is 38.0. The van der Waals surface area contributed by atoms with Crippen LogP contribution in [0.2, 0.25) is 0 Å². The maximum absolute atomic E-state index is 5.18. The topological polar surface area (TPSA) is 53.5 Å². The highest BCUT2D eigenvalue weighted by molar-refractivity contribution is 7.99. The molecule has 0 amide bonds. The molecule has 0 radical (unpaired) electrons. The molecule has 8 aromatic carbocycles. The van der Waals surface area contributed by atoms with E-state index in [-0.39, 0.29) is 0 Å². The van der Waals surface area contributed by atoms with E-state index in [9.17, 15) is 0 Å². The van der Waals surface area contributed by atoms with Gasteiger partial charge in [-0.05, 0) is 124 Å². The van der Waals surface area contributed by atoms with Crippen LogP contribution in [-0.4, -0.2) is 28.7 Å². The number of rotatable bonds is 4. The molecule has 1 aliphatic heterocycles. The Hall–Kier alpha value is -9.04. The number of hydrogen-bond donors (Lipinski definition) is 0. The van der Waals surface area contributed by atoms with Crippen molar-refractivity contribution < 1.29 is 0 Å². The van der Waals surface area contributed by atoms with Crippen molar-refractivity contribution in [3.63, 3.8) is 0 Å². The Labute approximate surface area is 411 Å². The van der Waals surface area contributed by atoms with Gasteiger partial charge in [-0.15, -0.1) is 0 Å². The van der Waals surface area contributed by atoms with Crippen molar-refractivity contribution in [3.05, 3.63) is 253 Å². The number of nitrogens with zero attached hydrogens (tertiary/aromatic N) is 6. The largest absolute Gasteiger partial charge is 0.309 e. The average Bonchev–Trinajstić information content (AvgIpc) is 4.15. The second kappa shape index (κ2) is 14.5. The van der Waals surface area contributed by atoms with Gasteiger partial charge in [0.2, 0.25) is 0 Å². The fourth-order valence-electron chi connectivity index (χ4n) is 12.4. The van der Waals surface area contributed by atoms with E-state index in [4.69, 9.17) is 15.0 Å². The monoisotopic (exact) mass is 922 g/mol. The summed E-state index contributed by atoms with van der Waals surface area (Å²) in [7, 11) is 0. The minimum absolute atomic E-state index is 0.648. The average molecular weight is 923 g/mol. The molecule has 6 aromatic heterocycles. The second-order valence-electron chi connectivity index (χ2n) is 18.7. The molecule has 1 aliphatic carbocycles. The van der Waals surface area contributed by atoms with Crippen molar-refractivity contribution in [2.75, 3.05) is 0 Å². The van der Waals surface area contributed by atoms with Gasteiger partial charge in [0.05, 0.1) is 55.6 Å². The van der Waals surface area contributed by atoms with Gasteiger partial charge in [0.15, 0.2) is 5.82 Å². The second-order valence-corrected chi connectivity index (χ2v) is 19.8. The highest BCUT2D eigenvalue weighted by atomic mass is 32.2. The van der Waals surface area contributed by atoms with Gasteiger partial charge in [0.25, 0.3) is 0 Å². The summed E-state index contributed by atoms with van der Waals surface area (Å²) in [5.41, 5.74) is 17.4. The van der Waals surface area contributed by atoms with Crippen LogP contribution in [0.4, 0.5) is 0 Å². The van der Waals surface area contributed by atoms with Crippen molar-refractivity contribution >= 4 is 77.2 Å². The molecule has 1 spiro atoms. The summed E-state index contributed by atoms with van der Waals surface area (Å²) in [5, 5.41) is 7.30. The molecule has 14 aromatic rings. The first-order valence-corrected chi connectivity index (χ1v) is 24.9. The lowest BCUT2D eigenvalue weighted by Gasteiger charge is -2.39. The standard InChI is InChI=1S/C64H38N6S/c1-6-21-52-42(14-1)43-15-2-7-22-53(43)68(52)41-29-32-59-51(38-41)64(49-19-11-33-65-61(49)62-50(64)20-12-34-66-62)48-30-27-40(37-60(48)71-59)39-28-31-57-47(36-39)46-18-5-10-25-56(46)70(57)63-58(26-13-35-67-63)69-54-23-8-3-16-44(54)45-17-4-9-24-55(45)69/h1-38H. The van der Waals surface area contributed by atoms with Gasteiger partial charge in [-0.3, -0.25) is 14.5 Å². The summed E-state index contributed by atoms with van der Waals surface area (Å²) < 4.78 is 7.15. The normalized spacial score (nSPS) is 13.4. The third-order valence-corrected chi connectivity index (χ3v) is 16.4. The predicted molar refractivity (Wildman–Crippen MR) is 290 cm³/mol. The van der Waals surface area contributed by atoms with E-state index >= 15 is 0 Å². The van der Waals surface area contributed by atoms with E-state index in [0.717, 1.165) is 72.9 Å². The molecule has 0 fully saturated rings. The molecular weight excluding hydrogens is 885 g/mol. The Bertz CT molecular complexity index is 4440. The molecule has 0 N–H and O–H groups in total. The molecule has 0 atom stereocenters. The fraction of sp³-hybridized carbons (Fsp3) is 0.0156. The molecule has 7 heteroatoms. The Kier molecular flexibility index (Phi) is 7.94. The molecule has 16 rings (SSSR count). The molecule has 7 heterocycles. The number of benzene rings is 8. The fourth-order valence-corrected chi connectivity index (χ4v) is 13.6. The van der Waals surface area contributed by atoms with Crippen molar-refractivity contribution in [2.45, 2.75) is 15.2 Å². The van der Waals surface area contributed by atoms with E-state index in [0.29, 0.717) is 0 Å². The van der Waals surface area contributed by atoms with Crippen LogP contribution in [0.1, 0.15) is 22.3 Å². The van der Waals surface area contributed by atoms with Crippen LogP contribution in [-0.2, 0) is 5.41 Å². The van der Waals surface area contributed by atoms with Crippen LogP contribution in [0.15, 0.2) is 241 Å².